The number of rotatable bonds is 1. The van der Waals surface area contributed by atoms with Crippen molar-refractivity contribution in [3.8, 4) is 11.5 Å². The van der Waals surface area contributed by atoms with Crippen molar-refractivity contribution >= 4 is 7.48 Å². The Balaban J connectivity index is 1.91. The normalized spacial score (nSPS) is 23.6. The summed E-state index contributed by atoms with van der Waals surface area (Å²) in [4.78, 5) is 9.72. The first-order chi connectivity index (χ1) is 6.93. The summed E-state index contributed by atoms with van der Waals surface area (Å²) in [6, 6.07) is 5.94. The summed E-state index contributed by atoms with van der Waals surface area (Å²) >= 11 is 0. The minimum atomic E-state index is 0.310. The number of hydrogen-bond acceptors (Lipinski definition) is 4. The minimum absolute atomic E-state index is 0.310. The Kier molecular flexibility index (Phi) is 1.85. The molecule has 0 aliphatic carbocycles. The van der Waals surface area contributed by atoms with E-state index in [1.165, 1.54) is 5.56 Å². The first kappa shape index (κ1) is 8.14. The third kappa shape index (κ3) is 1.25. The Morgan fingerprint density at radius 1 is 1.21 bits per heavy atom. The topological polar surface area (TPSA) is 36.9 Å². The van der Waals surface area contributed by atoms with Crippen LogP contribution in [0.1, 0.15) is 11.4 Å². The summed E-state index contributed by atoms with van der Waals surface area (Å²) in [5.41, 5.74) is 1.17. The molecule has 2 heterocycles. The van der Waals surface area contributed by atoms with Crippen LogP contribution in [-0.2, 0) is 9.69 Å². The zero-order valence-electron chi connectivity index (χ0n) is 7.56. The molecule has 0 N–H and O–H groups in total. The maximum atomic E-state index is 5.29. The van der Waals surface area contributed by atoms with Gasteiger partial charge in [0, 0.05) is 5.82 Å². The summed E-state index contributed by atoms with van der Waals surface area (Å²) in [5.74, 6) is 1.94. The van der Waals surface area contributed by atoms with E-state index in [2.05, 4.69) is 0 Å². The van der Waals surface area contributed by atoms with Crippen LogP contribution in [0.25, 0.3) is 0 Å². The van der Waals surface area contributed by atoms with Crippen LogP contribution in [0.3, 0.4) is 0 Å². The van der Waals surface area contributed by atoms with E-state index >= 15 is 0 Å². The molecule has 1 aromatic rings. The molecule has 1 atom stereocenters. The number of fused-ring (bicyclic) bond motifs is 1. The van der Waals surface area contributed by atoms with Crippen LogP contribution in [0.15, 0.2) is 18.2 Å². The average molecular weight is 192 g/mol. The zero-order valence-corrected chi connectivity index (χ0v) is 7.56. The molecule has 0 bridgehead atoms. The monoisotopic (exact) mass is 192 g/mol. The van der Waals surface area contributed by atoms with Gasteiger partial charge >= 0.3 is 7.48 Å². The Bertz CT molecular complexity index is 349. The first-order valence-electron chi connectivity index (χ1n) is 4.57. The Labute approximate surface area is 81.9 Å². The molecule has 0 amide bonds. The van der Waals surface area contributed by atoms with E-state index in [0.29, 0.717) is 26.7 Å². The van der Waals surface area contributed by atoms with Crippen molar-refractivity contribution in [2.75, 3.05) is 13.4 Å². The minimum Gasteiger partial charge on any atom is -0.454 e. The molecule has 4 nitrogen and oxygen atoms in total. The maximum Gasteiger partial charge on any atom is 0.333 e. The predicted octanol–water partition coefficient (Wildman–Crippen LogP) is 0.770. The molecular formula is C9H9BO4. The van der Waals surface area contributed by atoms with Gasteiger partial charge in [0.05, 0.1) is 6.61 Å². The lowest BCUT2D eigenvalue weighted by molar-refractivity contribution is -0.183. The van der Waals surface area contributed by atoms with Crippen LogP contribution in [0.4, 0.5) is 0 Å². The van der Waals surface area contributed by atoms with Gasteiger partial charge in [-0.1, -0.05) is 6.07 Å². The van der Waals surface area contributed by atoms with E-state index < -0.39 is 0 Å². The fourth-order valence-corrected chi connectivity index (χ4v) is 1.67. The highest BCUT2D eigenvalue weighted by Crippen LogP contribution is 2.35. The van der Waals surface area contributed by atoms with Gasteiger partial charge in [-0.2, -0.15) is 0 Å². The van der Waals surface area contributed by atoms with Crippen molar-refractivity contribution in [3.63, 3.8) is 0 Å². The molecule has 2 aliphatic rings. The first-order valence-corrected chi connectivity index (χ1v) is 4.57. The molecule has 1 unspecified atom stereocenters. The van der Waals surface area contributed by atoms with E-state index in [0.717, 1.165) is 11.5 Å². The molecule has 72 valence electrons. The molecule has 5 heteroatoms. The van der Waals surface area contributed by atoms with Crippen molar-refractivity contribution in [2.24, 2.45) is 0 Å². The Hall–Kier alpha value is -1.20. The van der Waals surface area contributed by atoms with Crippen LogP contribution in [0.2, 0.25) is 0 Å². The maximum absolute atomic E-state index is 5.29. The van der Waals surface area contributed by atoms with Gasteiger partial charge in [-0.05, 0) is 17.7 Å². The van der Waals surface area contributed by atoms with E-state index in [1.54, 1.807) is 0 Å². The average Bonchev–Trinajstić information content (AvgIpc) is 2.88. The number of benzene rings is 1. The lowest BCUT2D eigenvalue weighted by Gasteiger charge is -2.05. The predicted molar refractivity (Wildman–Crippen MR) is 49.5 cm³/mol. The lowest BCUT2D eigenvalue weighted by Crippen LogP contribution is -2.03. The van der Waals surface area contributed by atoms with Crippen molar-refractivity contribution in [3.05, 3.63) is 23.8 Å². The van der Waals surface area contributed by atoms with Gasteiger partial charge in [0.2, 0.25) is 6.79 Å². The van der Waals surface area contributed by atoms with Gasteiger partial charge in [-0.3, -0.25) is 4.89 Å². The molecule has 14 heavy (non-hydrogen) atoms. The fraction of sp³-hybridized carbons (Fsp3) is 0.333. The molecule has 0 spiro atoms. The van der Waals surface area contributed by atoms with E-state index in [-0.39, 0.29) is 0 Å². The van der Waals surface area contributed by atoms with Crippen molar-refractivity contribution < 1.29 is 19.2 Å². The summed E-state index contributed by atoms with van der Waals surface area (Å²) in [7, 11) is 0.611. The number of hydrogen-bond donors (Lipinski definition) is 0. The summed E-state index contributed by atoms with van der Waals surface area (Å²) < 4.78 is 10.5. The quantitative estimate of drug-likeness (QED) is 0.486. The third-order valence-electron chi connectivity index (χ3n) is 2.49. The molecule has 2 aliphatic heterocycles. The molecule has 1 aromatic carbocycles. The van der Waals surface area contributed by atoms with E-state index in [9.17, 15) is 0 Å². The van der Waals surface area contributed by atoms with Gasteiger partial charge in [-0.15, -0.1) is 0 Å². The molecule has 1 fully saturated rings. The molecule has 0 radical (unpaired) electrons. The largest absolute Gasteiger partial charge is 0.454 e. The second-order valence-electron chi connectivity index (χ2n) is 3.38. The third-order valence-corrected chi connectivity index (χ3v) is 2.49. The molecule has 3 rings (SSSR count). The van der Waals surface area contributed by atoms with Crippen molar-refractivity contribution in [2.45, 2.75) is 5.82 Å². The Morgan fingerprint density at radius 2 is 2.14 bits per heavy atom. The highest BCUT2D eigenvalue weighted by atomic mass is 17.2. The van der Waals surface area contributed by atoms with Gasteiger partial charge in [0.25, 0.3) is 0 Å². The molecule has 0 aromatic heterocycles. The lowest BCUT2D eigenvalue weighted by atomic mass is 9.77. The van der Waals surface area contributed by atoms with Gasteiger partial charge < -0.3 is 14.3 Å². The van der Waals surface area contributed by atoms with Crippen molar-refractivity contribution in [1.29, 1.82) is 0 Å². The smallest absolute Gasteiger partial charge is 0.333 e. The molecule has 1 saturated heterocycles. The molecule has 0 saturated carbocycles. The van der Waals surface area contributed by atoms with Crippen LogP contribution in [0, 0.1) is 0 Å². The zero-order chi connectivity index (χ0) is 9.38. The van der Waals surface area contributed by atoms with Crippen LogP contribution >= 0.6 is 0 Å². The van der Waals surface area contributed by atoms with Gasteiger partial charge in [0.15, 0.2) is 11.5 Å². The van der Waals surface area contributed by atoms with Crippen LogP contribution in [-0.4, -0.2) is 20.9 Å². The number of ether oxygens (including phenoxy) is 2. The SMILES string of the molecule is B1OOCC1c1ccc2c(c1)OCO2. The summed E-state index contributed by atoms with van der Waals surface area (Å²) in [6.07, 6.45) is 0. The van der Waals surface area contributed by atoms with Crippen LogP contribution in [0.5, 0.6) is 11.5 Å². The Morgan fingerprint density at radius 3 is 3.00 bits per heavy atom. The summed E-state index contributed by atoms with van der Waals surface area (Å²) in [5, 5.41) is 0. The van der Waals surface area contributed by atoms with Gasteiger partial charge in [-0.25, -0.2) is 0 Å². The standard InChI is InChI=1S/C9H9BO4/c1-2-8-9(12-5-11-8)3-6(1)7-4-13-14-10-7/h1-3,7,10H,4-5H2. The molecular weight excluding hydrogens is 183 g/mol. The highest BCUT2D eigenvalue weighted by Gasteiger charge is 2.24. The van der Waals surface area contributed by atoms with E-state index in [4.69, 9.17) is 19.2 Å². The highest BCUT2D eigenvalue weighted by molar-refractivity contribution is 6.30. The van der Waals surface area contributed by atoms with Crippen molar-refractivity contribution in [1.82, 2.24) is 0 Å². The van der Waals surface area contributed by atoms with Gasteiger partial charge in [0.1, 0.15) is 0 Å². The van der Waals surface area contributed by atoms with Crippen LogP contribution < -0.4 is 9.47 Å². The second kappa shape index (κ2) is 3.18. The van der Waals surface area contributed by atoms with E-state index in [1.807, 2.05) is 18.2 Å². The fourth-order valence-electron chi connectivity index (χ4n) is 1.67. The summed E-state index contributed by atoms with van der Waals surface area (Å²) in [6.45, 7) is 0.927. The second-order valence-corrected chi connectivity index (χ2v) is 3.38.